The molecule has 0 aromatic carbocycles. The molecule has 0 saturated carbocycles. The lowest BCUT2D eigenvalue weighted by atomic mass is 10.4. The van der Waals surface area contributed by atoms with Crippen LogP contribution in [0.15, 0.2) is 24.5 Å². The lowest BCUT2D eigenvalue weighted by Crippen LogP contribution is -2.25. The van der Waals surface area contributed by atoms with Crippen LogP contribution in [0.4, 0.5) is 4.39 Å². The molecule has 0 radical (unpaired) electrons. The molecule has 0 aliphatic rings. The van der Waals surface area contributed by atoms with Gasteiger partial charge in [0.05, 0.1) is 12.4 Å². The van der Waals surface area contributed by atoms with E-state index in [1.165, 1.54) is 0 Å². The van der Waals surface area contributed by atoms with Gasteiger partial charge in [0.25, 0.3) is 5.91 Å². The Hall–Kier alpha value is -1.78. The second-order valence-electron chi connectivity index (χ2n) is 2.50. The number of amides is 1. The molecule has 14 heavy (non-hydrogen) atoms. The number of carbonyl (C=O) groups is 1. The van der Waals surface area contributed by atoms with E-state index in [4.69, 9.17) is 0 Å². The number of nitrogens with one attached hydrogen (secondary N) is 1. The highest BCUT2D eigenvalue weighted by Gasteiger charge is 2.06. The Morgan fingerprint density at radius 1 is 1.57 bits per heavy atom. The number of allylic oxidation sites excluding steroid dienone is 1. The molecule has 0 spiro atoms. The number of halogens is 1. The average molecular weight is 195 g/mol. The van der Waals surface area contributed by atoms with Gasteiger partial charge >= 0.3 is 0 Å². The van der Waals surface area contributed by atoms with Crippen molar-refractivity contribution in [3.05, 3.63) is 36.2 Å². The third-order valence-corrected chi connectivity index (χ3v) is 1.44. The van der Waals surface area contributed by atoms with Crippen molar-refractivity contribution in [2.24, 2.45) is 0 Å². The van der Waals surface area contributed by atoms with Crippen LogP contribution in [0.3, 0.4) is 0 Å². The topological polar surface area (TPSA) is 54.9 Å². The first-order valence-electron chi connectivity index (χ1n) is 4.11. The molecule has 5 heteroatoms. The Morgan fingerprint density at radius 2 is 2.21 bits per heavy atom. The van der Waals surface area contributed by atoms with E-state index in [1.807, 2.05) is 13.0 Å². The summed E-state index contributed by atoms with van der Waals surface area (Å²) in [6, 6.07) is 0. The van der Waals surface area contributed by atoms with Gasteiger partial charge in [-0.05, 0) is 6.92 Å². The Morgan fingerprint density at radius 3 is 2.79 bits per heavy atom. The first-order valence-corrected chi connectivity index (χ1v) is 4.11. The number of hydrogen-bond acceptors (Lipinski definition) is 3. The zero-order valence-corrected chi connectivity index (χ0v) is 7.70. The van der Waals surface area contributed by atoms with Crippen LogP contribution in [0.25, 0.3) is 0 Å². The number of rotatable bonds is 3. The minimum atomic E-state index is -0.560. The predicted octanol–water partition coefficient (Wildman–Crippen LogP) is 0.922. The first kappa shape index (κ1) is 10.3. The van der Waals surface area contributed by atoms with Crippen molar-refractivity contribution in [3.63, 3.8) is 0 Å². The second-order valence-corrected chi connectivity index (χ2v) is 2.50. The molecule has 0 unspecified atom stereocenters. The maximum atomic E-state index is 12.4. The monoisotopic (exact) mass is 195 g/mol. The maximum absolute atomic E-state index is 12.4. The average Bonchev–Trinajstić information content (AvgIpc) is 2.19. The van der Waals surface area contributed by atoms with Gasteiger partial charge in [0.15, 0.2) is 5.82 Å². The van der Waals surface area contributed by atoms with Crippen molar-refractivity contribution in [2.75, 3.05) is 6.54 Å². The van der Waals surface area contributed by atoms with E-state index >= 15 is 0 Å². The summed E-state index contributed by atoms with van der Waals surface area (Å²) in [5.41, 5.74) is 0. The molecular formula is C9H10FN3O. The molecule has 0 aliphatic heterocycles. The molecule has 0 bridgehead atoms. The maximum Gasteiger partial charge on any atom is 0.289 e. The fraction of sp³-hybridized carbons (Fsp3) is 0.222. The third-order valence-electron chi connectivity index (χ3n) is 1.44. The number of aromatic nitrogens is 2. The summed E-state index contributed by atoms with van der Waals surface area (Å²) in [6.45, 7) is 2.26. The standard InChI is InChI=1S/C9H10FN3O/c1-2-3-4-11-9(14)8-12-5-7(10)6-13-8/h2-3,5-6H,4H2,1H3,(H,11,14)/b3-2+. The van der Waals surface area contributed by atoms with E-state index in [1.54, 1.807) is 6.08 Å². The molecule has 74 valence electrons. The molecule has 4 nitrogen and oxygen atoms in total. The van der Waals surface area contributed by atoms with E-state index in [2.05, 4.69) is 15.3 Å². The van der Waals surface area contributed by atoms with E-state index in [0.717, 1.165) is 12.4 Å². The molecule has 1 aromatic heterocycles. The van der Waals surface area contributed by atoms with Gasteiger partial charge in [-0.1, -0.05) is 12.2 Å². The summed E-state index contributed by atoms with van der Waals surface area (Å²) in [7, 11) is 0. The van der Waals surface area contributed by atoms with E-state index < -0.39 is 11.7 Å². The first-order chi connectivity index (χ1) is 6.74. The van der Waals surface area contributed by atoms with Gasteiger partial charge in [-0.15, -0.1) is 0 Å². The molecule has 0 fully saturated rings. The number of nitrogens with zero attached hydrogens (tertiary/aromatic N) is 2. The van der Waals surface area contributed by atoms with E-state index in [0.29, 0.717) is 6.54 Å². The summed E-state index contributed by atoms with van der Waals surface area (Å²) >= 11 is 0. The Balaban J connectivity index is 2.56. The molecule has 0 saturated heterocycles. The van der Waals surface area contributed by atoms with Crippen molar-refractivity contribution < 1.29 is 9.18 Å². The summed E-state index contributed by atoms with van der Waals surface area (Å²) in [4.78, 5) is 18.3. The summed E-state index contributed by atoms with van der Waals surface area (Å²) < 4.78 is 12.4. The molecule has 0 aliphatic carbocycles. The molecular weight excluding hydrogens is 185 g/mol. The highest BCUT2D eigenvalue weighted by Crippen LogP contribution is 1.92. The molecule has 1 rings (SSSR count). The van der Waals surface area contributed by atoms with Crippen LogP contribution < -0.4 is 5.32 Å². The summed E-state index contributed by atoms with van der Waals surface area (Å²) in [6.07, 6.45) is 5.50. The normalized spacial score (nSPS) is 10.4. The predicted molar refractivity (Wildman–Crippen MR) is 49.1 cm³/mol. The van der Waals surface area contributed by atoms with E-state index in [-0.39, 0.29) is 5.82 Å². The highest BCUT2D eigenvalue weighted by atomic mass is 19.1. The van der Waals surface area contributed by atoms with Crippen molar-refractivity contribution >= 4 is 5.91 Å². The van der Waals surface area contributed by atoms with Crippen molar-refractivity contribution in [2.45, 2.75) is 6.92 Å². The Bertz CT molecular complexity index is 334. The van der Waals surface area contributed by atoms with Gasteiger partial charge in [0.1, 0.15) is 0 Å². The van der Waals surface area contributed by atoms with E-state index in [9.17, 15) is 9.18 Å². The van der Waals surface area contributed by atoms with Gasteiger partial charge < -0.3 is 5.32 Å². The van der Waals surface area contributed by atoms with Crippen LogP contribution in [0, 0.1) is 5.82 Å². The number of hydrogen-bond donors (Lipinski definition) is 1. The minimum absolute atomic E-state index is 0.0316. The van der Waals surface area contributed by atoms with Crippen molar-refractivity contribution in [1.82, 2.24) is 15.3 Å². The van der Waals surface area contributed by atoms with Gasteiger partial charge in [-0.25, -0.2) is 14.4 Å². The SMILES string of the molecule is C/C=C/CNC(=O)c1ncc(F)cn1. The quantitative estimate of drug-likeness (QED) is 0.730. The largest absolute Gasteiger partial charge is 0.346 e. The molecule has 0 atom stereocenters. The van der Waals surface area contributed by atoms with Crippen LogP contribution in [-0.4, -0.2) is 22.4 Å². The fourth-order valence-corrected chi connectivity index (χ4v) is 0.778. The van der Waals surface area contributed by atoms with Gasteiger partial charge in [0.2, 0.25) is 5.82 Å². The summed E-state index contributed by atoms with van der Waals surface area (Å²) in [5, 5.41) is 2.55. The Kier molecular flexibility index (Phi) is 3.72. The summed E-state index contributed by atoms with van der Waals surface area (Å²) in [5.74, 6) is -1.01. The minimum Gasteiger partial charge on any atom is -0.346 e. The molecule has 1 aromatic rings. The third kappa shape index (κ3) is 2.93. The van der Waals surface area contributed by atoms with Crippen LogP contribution >= 0.6 is 0 Å². The van der Waals surface area contributed by atoms with Crippen LogP contribution in [0.2, 0.25) is 0 Å². The fourth-order valence-electron chi connectivity index (χ4n) is 0.778. The van der Waals surface area contributed by atoms with Crippen molar-refractivity contribution in [3.8, 4) is 0 Å². The van der Waals surface area contributed by atoms with Crippen LogP contribution in [0.1, 0.15) is 17.5 Å². The highest BCUT2D eigenvalue weighted by molar-refractivity contribution is 5.90. The molecule has 1 N–H and O–H groups in total. The smallest absolute Gasteiger partial charge is 0.289 e. The molecule has 1 amide bonds. The van der Waals surface area contributed by atoms with Gasteiger partial charge in [0, 0.05) is 6.54 Å². The second kappa shape index (κ2) is 5.06. The Labute approximate surface area is 80.9 Å². The van der Waals surface area contributed by atoms with Crippen LogP contribution in [0.5, 0.6) is 0 Å². The van der Waals surface area contributed by atoms with Crippen molar-refractivity contribution in [1.29, 1.82) is 0 Å². The lowest BCUT2D eigenvalue weighted by molar-refractivity contribution is 0.0947. The van der Waals surface area contributed by atoms with Crippen LogP contribution in [-0.2, 0) is 0 Å². The van der Waals surface area contributed by atoms with Gasteiger partial charge in [-0.3, -0.25) is 4.79 Å². The zero-order chi connectivity index (χ0) is 10.4. The number of carbonyl (C=O) groups excluding carboxylic acids is 1. The molecule has 1 heterocycles. The zero-order valence-electron chi connectivity index (χ0n) is 7.70. The lowest BCUT2D eigenvalue weighted by Gasteiger charge is -1.99. The van der Waals surface area contributed by atoms with Gasteiger partial charge in [-0.2, -0.15) is 0 Å².